The van der Waals surface area contributed by atoms with Crippen LogP contribution in [0.15, 0.2) is 91.0 Å². The number of hydrogen-bond donors (Lipinski definition) is 0. The molecule has 0 spiro atoms. The smallest absolute Gasteiger partial charge is 0.187 e. The van der Waals surface area contributed by atoms with E-state index >= 15 is 0 Å². The molecule has 0 bridgehead atoms. The molecule has 2 aliphatic rings. The fourth-order valence-electron chi connectivity index (χ4n) is 4.03. The van der Waals surface area contributed by atoms with Crippen LogP contribution in [0.4, 0.5) is 0 Å². The van der Waals surface area contributed by atoms with Gasteiger partial charge in [0.15, 0.2) is 6.29 Å². The van der Waals surface area contributed by atoms with E-state index in [9.17, 15) is 0 Å². The first-order chi connectivity index (χ1) is 15.9. The Morgan fingerprint density at radius 1 is 0.562 bits per heavy atom. The first-order valence-corrected chi connectivity index (χ1v) is 11.1. The summed E-state index contributed by atoms with van der Waals surface area (Å²) in [4.78, 5) is 0. The van der Waals surface area contributed by atoms with Gasteiger partial charge in [0.1, 0.15) is 24.4 Å². The minimum Gasteiger partial charge on any atom is -0.374 e. The molecule has 5 atom stereocenters. The second kappa shape index (κ2) is 10.4. The van der Waals surface area contributed by atoms with Crippen molar-refractivity contribution < 1.29 is 23.7 Å². The monoisotopic (exact) mass is 432 g/mol. The maximum absolute atomic E-state index is 6.37. The first-order valence-electron chi connectivity index (χ1n) is 11.1. The van der Waals surface area contributed by atoms with E-state index in [4.69, 9.17) is 23.7 Å². The molecule has 5 heteroatoms. The molecule has 1 unspecified atom stereocenters. The lowest BCUT2D eigenvalue weighted by Crippen LogP contribution is -2.52. The lowest BCUT2D eigenvalue weighted by Gasteiger charge is -2.35. The molecule has 2 fully saturated rings. The third kappa shape index (κ3) is 5.44. The van der Waals surface area contributed by atoms with Gasteiger partial charge in [0.2, 0.25) is 0 Å². The van der Waals surface area contributed by atoms with E-state index in [1.54, 1.807) is 0 Å². The maximum Gasteiger partial charge on any atom is 0.187 e. The fourth-order valence-corrected chi connectivity index (χ4v) is 4.03. The van der Waals surface area contributed by atoms with Crippen LogP contribution >= 0.6 is 0 Å². The Balaban J connectivity index is 1.26. The van der Waals surface area contributed by atoms with E-state index in [0.29, 0.717) is 26.4 Å². The number of benzene rings is 3. The van der Waals surface area contributed by atoms with Crippen LogP contribution in [0.25, 0.3) is 0 Å². The molecule has 32 heavy (non-hydrogen) atoms. The van der Waals surface area contributed by atoms with Crippen molar-refractivity contribution in [2.45, 2.75) is 50.5 Å². The van der Waals surface area contributed by atoms with Crippen molar-refractivity contribution in [1.82, 2.24) is 0 Å². The van der Waals surface area contributed by atoms with E-state index in [1.807, 2.05) is 54.6 Å². The zero-order valence-corrected chi connectivity index (χ0v) is 17.9. The van der Waals surface area contributed by atoms with Gasteiger partial charge in [-0.15, -0.1) is 0 Å². The third-order valence-electron chi connectivity index (χ3n) is 5.77. The molecule has 2 saturated heterocycles. The van der Waals surface area contributed by atoms with Crippen LogP contribution < -0.4 is 0 Å². The summed E-state index contributed by atoms with van der Waals surface area (Å²) in [7, 11) is 0. The number of rotatable bonds is 10. The molecule has 0 aliphatic carbocycles. The van der Waals surface area contributed by atoms with Crippen molar-refractivity contribution >= 4 is 0 Å². The Morgan fingerprint density at radius 2 is 1.06 bits per heavy atom. The standard InChI is InChI=1S/C27H28O5/c1-4-10-20(11-5-1)16-28-19-23-24(29-17-21-12-6-2-7-13-21)25(26-27(31-23)32-26)30-18-22-14-8-3-9-15-22/h1-15,23-27H,16-19H2/t23-,24-,25+,26-,27?/m1/s1. The fraction of sp³-hybridized carbons (Fsp3) is 0.333. The van der Waals surface area contributed by atoms with Crippen molar-refractivity contribution in [2.24, 2.45) is 0 Å². The average molecular weight is 433 g/mol. The largest absolute Gasteiger partial charge is 0.374 e. The van der Waals surface area contributed by atoms with Gasteiger partial charge in [0.25, 0.3) is 0 Å². The summed E-state index contributed by atoms with van der Waals surface area (Å²) in [5.41, 5.74) is 3.36. The Labute approximate surface area is 188 Å². The lowest BCUT2D eigenvalue weighted by atomic mass is 10.0. The highest BCUT2D eigenvalue weighted by Crippen LogP contribution is 2.39. The highest BCUT2D eigenvalue weighted by Gasteiger charge is 2.58. The lowest BCUT2D eigenvalue weighted by molar-refractivity contribution is -0.192. The van der Waals surface area contributed by atoms with Crippen LogP contribution in [0.3, 0.4) is 0 Å². The van der Waals surface area contributed by atoms with Crippen LogP contribution in [0, 0.1) is 0 Å². The molecule has 5 nitrogen and oxygen atoms in total. The predicted molar refractivity (Wildman–Crippen MR) is 120 cm³/mol. The summed E-state index contributed by atoms with van der Waals surface area (Å²) in [6.45, 7) is 1.91. The van der Waals surface area contributed by atoms with E-state index in [1.165, 1.54) is 0 Å². The molecule has 0 N–H and O–H groups in total. The van der Waals surface area contributed by atoms with Gasteiger partial charge in [-0.25, -0.2) is 0 Å². The Bertz CT molecular complexity index is 950. The summed E-state index contributed by atoms with van der Waals surface area (Å²) in [5, 5.41) is 0. The van der Waals surface area contributed by atoms with E-state index in [0.717, 1.165) is 16.7 Å². The second-order valence-corrected chi connectivity index (χ2v) is 8.17. The molecule has 0 radical (unpaired) electrons. The van der Waals surface area contributed by atoms with E-state index < -0.39 is 0 Å². The van der Waals surface area contributed by atoms with E-state index in [2.05, 4.69) is 36.4 Å². The normalized spacial score (nSPS) is 26.4. The number of fused-ring (bicyclic) bond motifs is 1. The molecule has 2 aliphatic heterocycles. The minimum absolute atomic E-state index is 0.107. The first kappa shape index (κ1) is 21.3. The molecule has 0 saturated carbocycles. The number of ether oxygens (including phenoxy) is 5. The van der Waals surface area contributed by atoms with Crippen molar-refractivity contribution in [1.29, 1.82) is 0 Å². The highest BCUT2D eigenvalue weighted by atomic mass is 16.8. The zero-order valence-electron chi connectivity index (χ0n) is 17.9. The van der Waals surface area contributed by atoms with Gasteiger partial charge in [-0.05, 0) is 16.7 Å². The van der Waals surface area contributed by atoms with Crippen molar-refractivity contribution in [3.63, 3.8) is 0 Å². The third-order valence-corrected chi connectivity index (χ3v) is 5.77. The molecule has 166 valence electrons. The van der Waals surface area contributed by atoms with Gasteiger partial charge in [-0.1, -0.05) is 91.0 Å². The molecular formula is C27H28O5. The molecule has 3 aromatic rings. The second-order valence-electron chi connectivity index (χ2n) is 8.17. The topological polar surface area (TPSA) is 49.5 Å². The molecule has 3 aromatic carbocycles. The van der Waals surface area contributed by atoms with Crippen LogP contribution in [-0.2, 0) is 43.5 Å². The average Bonchev–Trinajstić information content (AvgIpc) is 3.63. The minimum atomic E-state index is -0.293. The number of hydrogen-bond acceptors (Lipinski definition) is 5. The van der Waals surface area contributed by atoms with Crippen LogP contribution in [-0.4, -0.2) is 37.3 Å². The summed E-state index contributed by atoms with van der Waals surface area (Å²) >= 11 is 0. The molecule has 2 heterocycles. The van der Waals surface area contributed by atoms with Gasteiger partial charge in [-0.3, -0.25) is 0 Å². The summed E-state index contributed by atoms with van der Waals surface area (Å²) in [6, 6.07) is 30.4. The Hall–Kier alpha value is -2.54. The maximum atomic E-state index is 6.37. The SMILES string of the molecule is c1ccc(COC[C@H]2OC3O[C@@H]3[C@@H](OCc3ccccc3)[C@@H]2OCc2ccccc2)cc1. The van der Waals surface area contributed by atoms with Crippen LogP contribution in [0.2, 0.25) is 0 Å². The zero-order chi connectivity index (χ0) is 21.6. The summed E-state index contributed by atoms with van der Waals surface area (Å²) < 4.78 is 30.6. The van der Waals surface area contributed by atoms with Gasteiger partial charge in [0, 0.05) is 0 Å². The van der Waals surface area contributed by atoms with Crippen molar-refractivity contribution in [2.75, 3.05) is 6.61 Å². The molecular weight excluding hydrogens is 404 g/mol. The van der Waals surface area contributed by atoms with Gasteiger partial charge in [-0.2, -0.15) is 0 Å². The quantitative estimate of drug-likeness (QED) is 0.442. The van der Waals surface area contributed by atoms with Crippen molar-refractivity contribution in [3.05, 3.63) is 108 Å². The molecule has 0 amide bonds. The Kier molecular flexibility index (Phi) is 6.92. The highest BCUT2D eigenvalue weighted by molar-refractivity contribution is 5.15. The van der Waals surface area contributed by atoms with Gasteiger partial charge < -0.3 is 23.7 Å². The van der Waals surface area contributed by atoms with Crippen LogP contribution in [0.1, 0.15) is 16.7 Å². The predicted octanol–water partition coefficient (Wildman–Crippen LogP) is 4.50. The van der Waals surface area contributed by atoms with Crippen LogP contribution in [0.5, 0.6) is 0 Å². The molecule has 0 aromatic heterocycles. The van der Waals surface area contributed by atoms with Gasteiger partial charge >= 0.3 is 0 Å². The van der Waals surface area contributed by atoms with Crippen molar-refractivity contribution in [3.8, 4) is 0 Å². The molecule has 5 rings (SSSR count). The number of epoxide rings is 1. The summed E-state index contributed by atoms with van der Waals surface area (Å²) in [5.74, 6) is 0. The summed E-state index contributed by atoms with van der Waals surface area (Å²) in [6.07, 6.45) is -1.14. The Morgan fingerprint density at radius 3 is 1.62 bits per heavy atom. The van der Waals surface area contributed by atoms with Gasteiger partial charge in [0.05, 0.1) is 26.4 Å². The van der Waals surface area contributed by atoms with E-state index in [-0.39, 0.29) is 30.7 Å².